The van der Waals surface area contributed by atoms with Gasteiger partial charge in [0, 0.05) is 19.4 Å². The van der Waals surface area contributed by atoms with Crippen LogP contribution >= 0.6 is 11.6 Å². The fourth-order valence-electron chi connectivity index (χ4n) is 2.06. The quantitative estimate of drug-likeness (QED) is 0.787. The lowest BCUT2D eigenvalue weighted by molar-refractivity contribution is 0.00846. The van der Waals surface area contributed by atoms with Gasteiger partial charge in [0.15, 0.2) is 5.82 Å². The van der Waals surface area contributed by atoms with Gasteiger partial charge in [-0.15, -0.1) is 11.6 Å². The average molecular weight is 285 g/mol. The third kappa shape index (κ3) is 2.90. The maximum absolute atomic E-state index is 13.8. The SMILES string of the molecule is COC(C)(C)Cn1c(CCCl)nc2c(F)cccc21. The summed E-state index contributed by atoms with van der Waals surface area (Å²) >= 11 is 5.80. The van der Waals surface area contributed by atoms with Gasteiger partial charge in [0.05, 0.1) is 17.7 Å². The van der Waals surface area contributed by atoms with Crippen molar-refractivity contribution in [3.05, 3.63) is 29.8 Å². The molecule has 0 saturated carbocycles. The zero-order valence-corrected chi connectivity index (χ0v) is 12.2. The van der Waals surface area contributed by atoms with Crippen molar-refractivity contribution in [2.24, 2.45) is 0 Å². The van der Waals surface area contributed by atoms with Crippen LogP contribution in [0.15, 0.2) is 18.2 Å². The Balaban J connectivity index is 2.55. The highest BCUT2D eigenvalue weighted by Gasteiger charge is 2.22. The Labute approximate surface area is 117 Å². The third-order valence-corrected chi connectivity index (χ3v) is 3.41. The number of nitrogens with zero attached hydrogens (tertiary/aromatic N) is 2. The molecule has 0 aliphatic rings. The highest BCUT2D eigenvalue weighted by Crippen LogP contribution is 2.23. The molecule has 3 nitrogen and oxygen atoms in total. The Morgan fingerprint density at radius 3 is 2.79 bits per heavy atom. The van der Waals surface area contributed by atoms with Crippen LogP contribution < -0.4 is 0 Å². The molecule has 0 aliphatic heterocycles. The number of para-hydroxylation sites is 1. The lowest BCUT2D eigenvalue weighted by Crippen LogP contribution is -2.29. The number of hydrogen-bond acceptors (Lipinski definition) is 2. The topological polar surface area (TPSA) is 27.1 Å². The van der Waals surface area contributed by atoms with Crippen molar-refractivity contribution in [2.45, 2.75) is 32.4 Å². The van der Waals surface area contributed by atoms with E-state index in [0.717, 1.165) is 11.3 Å². The second-order valence-electron chi connectivity index (χ2n) is 5.12. The molecule has 104 valence electrons. The number of fused-ring (bicyclic) bond motifs is 1. The number of aryl methyl sites for hydroxylation is 1. The molecule has 2 aromatic rings. The van der Waals surface area contributed by atoms with E-state index >= 15 is 0 Å². The standard InChI is InChI=1S/C14H18ClFN2O/c1-14(2,19-3)9-18-11-6-4-5-10(16)13(11)17-12(18)7-8-15/h4-6H,7-9H2,1-3H3. The van der Waals surface area contributed by atoms with Gasteiger partial charge in [-0.25, -0.2) is 9.37 Å². The average Bonchev–Trinajstić information content (AvgIpc) is 2.70. The van der Waals surface area contributed by atoms with Crippen LogP contribution in [0, 0.1) is 5.82 Å². The van der Waals surface area contributed by atoms with E-state index in [1.54, 1.807) is 13.2 Å². The first kappa shape index (κ1) is 14.3. The molecular formula is C14H18ClFN2O. The van der Waals surface area contributed by atoms with Gasteiger partial charge in [0.2, 0.25) is 0 Å². The van der Waals surface area contributed by atoms with Crippen molar-refractivity contribution >= 4 is 22.6 Å². The molecule has 0 aliphatic carbocycles. The summed E-state index contributed by atoms with van der Waals surface area (Å²) in [6.45, 7) is 4.58. The first-order valence-electron chi connectivity index (χ1n) is 6.23. The fourth-order valence-corrected chi connectivity index (χ4v) is 2.23. The summed E-state index contributed by atoms with van der Waals surface area (Å²) in [6, 6.07) is 4.99. The summed E-state index contributed by atoms with van der Waals surface area (Å²) in [5.74, 6) is 0.945. The van der Waals surface area contributed by atoms with Crippen molar-refractivity contribution in [1.29, 1.82) is 0 Å². The Kier molecular flexibility index (Phi) is 4.11. The van der Waals surface area contributed by atoms with Gasteiger partial charge < -0.3 is 9.30 Å². The van der Waals surface area contributed by atoms with Gasteiger partial charge in [-0.05, 0) is 26.0 Å². The summed E-state index contributed by atoms with van der Waals surface area (Å²) in [4.78, 5) is 4.37. The molecule has 0 spiro atoms. The van der Waals surface area contributed by atoms with E-state index in [9.17, 15) is 4.39 Å². The molecule has 0 N–H and O–H groups in total. The van der Waals surface area contributed by atoms with E-state index < -0.39 is 0 Å². The van der Waals surface area contributed by atoms with Crippen molar-refractivity contribution in [3.63, 3.8) is 0 Å². The van der Waals surface area contributed by atoms with Crippen molar-refractivity contribution in [3.8, 4) is 0 Å². The maximum atomic E-state index is 13.8. The minimum absolute atomic E-state index is 0.303. The molecule has 0 radical (unpaired) electrons. The van der Waals surface area contributed by atoms with Crippen LogP contribution in [0.25, 0.3) is 11.0 Å². The zero-order chi connectivity index (χ0) is 14.0. The molecular weight excluding hydrogens is 267 g/mol. The van der Waals surface area contributed by atoms with Crippen molar-refractivity contribution in [1.82, 2.24) is 9.55 Å². The van der Waals surface area contributed by atoms with Gasteiger partial charge in [-0.3, -0.25) is 0 Å². The van der Waals surface area contributed by atoms with E-state index in [1.165, 1.54) is 6.07 Å². The van der Waals surface area contributed by atoms with Gasteiger partial charge in [0.25, 0.3) is 0 Å². The maximum Gasteiger partial charge on any atom is 0.151 e. The number of methoxy groups -OCH3 is 1. The number of ether oxygens (including phenoxy) is 1. The van der Waals surface area contributed by atoms with Gasteiger partial charge in [-0.1, -0.05) is 6.07 Å². The molecule has 0 amide bonds. The second kappa shape index (κ2) is 5.47. The molecule has 0 saturated heterocycles. The number of rotatable bonds is 5. The largest absolute Gasteiger partial charge is 0.377 e. The smallest absolute Gasteiger partial charge is 0.151 e. The number of aromatic nitrogens is 2. The van der Waals surface area contributed by atoms with Crippen LogP contribution in [-0.2, 0) is 17.7 Å². The monoisotopic (exact) mass is 284 g/mol. The van der Waals surface area contributed by atoms with E-state index in [1.807, 2.05) is 24.5 Å². The molecule has 2 rings (SSSR count). The molecule has 1 aromatic carbocycles. The Morgan fingerprint density at radius 2 is 2.16 bits per heavy atom. The molecule has 1 heterocycles. The van der Waals surface area contributed by atoms with E-state index in [0.29, 0.717) is 24.4 Å². The van der Waals surface area contributed by atoms with E-state index in [4.69, 9.17) is 16.3 Å². The minimum atomic E-state index is -0.346. The minimum Gasteiger partial charge on any atom is -0.377 e. The van der Waals surface area contributed by atoms with Crippen LogP contribution in [-0.4, -0.2) is 28.1 Å². The highest BCUT2D eigenvalue weighted by molar-refractivity contribution is 6.17. The van der Waals surface area contributed by atoms with E-state index in [2.05, 4.69) is 4.98 Å². The van der Waals surface area contributed by atoms with Crippen LogP contribution in [0.1, 0.15) is 19.7 Å². The zero-order valence-electron chi connectivity index (χ0n) is 11.4. The van der Waals surface area contributed by atoms with Crippen LogP contribution in [0.4, 0.5) is 4.39 Å². The summed E-state index contributed by atoms with van der Waals surface area (Å²) in [7, 11) is 1.67. The fraction of sp³-hybridized carbons (Fsp3) is 0.500. The predicted octanol–water partition coefficient (Wildman–Crippen LogP) is 3.38. The Morgan fingerprint density at radius 1 is 1.42 bits per heavy atom. The molecule has 0 unspecified atom stereocenters. The first-order chi connectivity index (χ1) is 8.98. The number of imidazole rings is 1. The number of hydrogen-bond donors (Lipinski definition) is 0. The summed E-state index contributed by atoms with van der Waals surface area (Å²) < 4.78 is 21.2. The van der Waals surface area contributed by atoms with Gasteiger partial charge in [0.1, 0.15) is 11.3 Å². The number of alkyl halides is 1. The molecule has 0 bridgehead atoms. The molecule has 0 atom stereocenters. The van der Waals surface area contributed by atoms with Gasteiger partial charge >= 0.3 is 0 Å². The normalized spacial score (nSPS) is 12.3. The summed E-state index contributed by atoms with van der Waals surface area (Å²) in [5.41, 5.74) is 0.834. The number of halogens is 2. The molecule has 1 aromatic heterocycles. The molecule has 0 fully saturated rings. The lowest BCUT2D eigenvalue weighted by atomic mass is 10.1. The van der Waals surface area contributed by atoms with Crippen LogP contribution in [0.2, 0.25) is 0 Å². The van der Waals surface area contributed by atoms with Crippen molar-refractivity contribution < 1.29 is 9.13 Å². The Bertz CT molecular complexity index is 580. The Hall–Kier alpha value is -1.13. The lowest BCUT2D eigenvalue weighted by Gasteiger charge is -2.24. The van der Waals surface area contributed by atoms with E-state index in [-0.39, 0.29) is 11.4 Å². The second-order valence-corrected chi connectivity index (χ2v) is 5.50. The van der Waals surface area contributed by atoms with Crippen LogP contribution in [0.3, 0.4) is 0 Å². The number of benzene rings is 1. The van der Waals surface area contributed by atoms with Crippen LogP contribution in [0.5, 0.6) is 0 Å². The molecule has 19 heavy (non-hydrogen) atoms. The van der Waals surface area contributed by atoms with Crippen molar-refractivity contribution in [2.75, 3.05) is 13.0 Å². The summed E-state index contributed by atoms with van der Waals surface area (Å²) in [5, 5.41) is 0. The van der Waals surface area contributed by atoms with Gasteiger partial charge in [-0.2, -0.15) is 0 Å². The molecule has 5 heteroatoms. The summed E-state index contributed by atoms with van der Waals surface area (Å²) in [6.07, 6.45) is 0.607. The first-order valence-corrected chi connectivity index (χ1v) is 6.76. The predicted molar refractivity (Wildman–Crippen MR) is 75.2 cm³/mol. The highest BCUT2D eigenvalue weighted by atomic mass is 35.5. The third-order valence-electron chi connectivity index (χ3n) is 3.22.